The molecule has 1 aromatic carbocycles. The van der Waals surface area contributed by atoms with Crippen molar-refractivity contribution in [2.24, 2.45) is 0 Å². The summed E-state index contributed by atoms with van der Waals surface area (Å²) in [7, 11) is 1.18. The van der Waals surface area contributed by atoms with Gasteiger partial charge in [0.1, 0.15) is 0 Å². The number of hydrogen-bond acceptors (Lipinski definition) is 3. The summed E-state index contributed by atoms with van der Waals surface area (Å²) in [4.78, 5) is 21.8. The fourth-order valence-electron chi connectivity index (χ4n) is 0.800. The number of ketones is 1. The predicted molar refractivity (Wildman–Crippen MR) is 42.8 cm³/mol. The van der Waals surface area contributed by atoms with Crippen LogP contribution in [0.4, 0.5) is 0 Å². The minimum atomic E-state index is -0.832. The van der Waals surface area contributed by atoms with E-state index in [2.05, 4.69) is 4.74 Å². The molecule has 0 aliphatic heterocycles. The normalized spacial score (nSPS) is 9.08. The van der Waals surface area contributed by atoms with Gasteiger partial charge in [-0.25, -0.2) is 4.79 Å². The molecule has 0 spiro atoms. The van der Waals surface area contributed by atoms with Crippen LogP contribution in [-0.4, -0.2) is 18.9 Å². The van der Waals surface area contributed by atoms with Gasteiger partial charge < -0.3 is 4.74 Å². The van der Waals surface area contributed by atoms with Crippen molar-refractivity contribution in [3.05, 3.63) is 35.9 Å². The Morgan fingerprint density at radius 2 is 1.75 bits per heavy atom. The van der Waals surface area contributed by atoms with Crippen molar-refractivity contribution in [3.63, 3.8) is 0 Å². The molecule has 0 fully saturated rings. The van der Waals surface area contributed by atoms with Gasteiger partial charge in [0.15, 0.2) is 0 Å². The summed E-state index contributed by atoms with van der Waals surface area (Å²) < 4.78 is 4.28. The number of Topliss-reactive ketones (excluding diaryl/α,β-unsaturated/α-hetero) is 1. The Morgan fingerprint density at radius 3 is 2.25 bits per heavy atom. The molecule has 0 radical (unpaired) electrons. The van der Waals surface area contributed by atoms with Crippen molar-refractivity contribution in [2.45, 2.75) is 0 Å². The number of benzene rings is 1. The molecule has 0 unspecified atom stereocenters. The molecule has 0 heterocycles. The van der Waals surface area contributed by atoms with Crippen LogP contribution in [0.5, 0.6) is 0 Å². The minimum absolute atomic E-state index is 0.351. The van der Waals surface area contributed by atoms with E-state index in [9.17, 15) is 9.59 Å². The second kappa shape index (κ2) is 3.67. The summed E-state index contributed by atoms with van der Waals surface area (Å²) in [5.74, 6) is -1.45. The Labute approximate surface area is 70.0 Å². The molecule has 3 nitrogen and oxygen atoms in total. The number of carbonyl (C=O) groups excluding carboxylic acids is 2. The number of hydrogen-bond donors (Lipinski definition) is 0. The Hall–Kier alpha value is -1.64. The highest BCUT2D eigenvalue weighted by Gasteiger charge is 2.14. The lowest BCUT2D eigenvalue weighted by atomic mass is 11.1. The summed E-state index contributed by atoms with van der Waals surface area (Å²) in [6.45, 7) is 0. The van der Waals surface area contributed by atoms with E-state index in [1.165, 1.54) is 7.11 Å². The van der Waals surface area contributed by atoms with Gasteiger partial charge >= 0.3 is 5.97 Å². The zero-order valence-corrected chi connectivity index (χ0v) is 6.61. The number of ether oxygens (including phenoxy) is 1. The standard InChI is InChI=1S/C9H8O3/c1-12-9(11)8(10)7-5-3-2-4-6-7/h2-6H,1H3/i2+1,3+1,4+1,5+1,6+1,7+1,8+1,9+1. The molecule has 0 bridgehead atoms. The van der Waals surface area contributed by atoms with Gasteiger partial charge in [0.25, 0.3) is 5.78 Å². The van der Waals surface area contributed by atoms with Gasteiger partial charge in [-0.2, -0.15) is 0 Å². The van der Waals surface area contributed by atoms with Crippen LogP contribution < -0.4 is 0 Å². The number of esters is 1. The molecule has 0 aliphatic rings. The Morgan fingerprint density at radius 1 is 1.17 bits per heavy atom. The van der Waals surface area contributed by atoms with Gasteiger partial charge in [-0.05, 0) is 0 Å². The van der Waals surface area contributed by atoms with E-state index in [0.29, 0.717) is 5.56 Å². The van der Waals surface area contributed by atoms with Crippen molar-refractivity contribution in [1.29, 1.82) is 0 Å². The van der Waals surface area contributed by atoms with E-state index in [1.807, 2.05) is 0 Å². The molecule has 0 N–H and O–H groups in total. The van der Waals surface area contributed by atoms with Crippen molar-refractivity contribution < 1.29 is 14.3 Å². The van der Waals surface area contributed by atoms with Crippen LogP contribution in [0, 0.1) is 0 Å². The van der Waals surface area contributed by atoms with Crippen molar-refractivity contribution >= 4 is 11.8 Å². The fourth-order valence-corrected chi connectivity index (χ4v) is 0.800. The van der Waals surface area contributed by atoms with Gasteiger partial charge in [0.05, 0.1) is 7.11 Å². The van der Waals surface area contributed by atoms with E-state index in [4.69, 9.17) is 0 Å². The van der Waals surface area contributed by atoms with Crippen molar-refractivity contribution in [3.8, 4) is 0 Å². The summed E-state index contributed by atoms with van der Waals surface area (Å²) in [6.07, 6.45) is 0. The summed E-state index contributed by atoms with van der Waals surface area (Å²) >= 11 is 0. The molecule has 0 atom stereocenters. The Kier molecular flexibility index (Phi) is 2.58. The lowest BCUT2D eigenvalue weighted by Gasteiger charge is -1.96. The van der Waals surface area contributed by atoms with Crippen LogP contribution in [0.3, 0.4) is 0 Å². The molecule has 0 saturated carbocycles. The number of rotatable bonds is 2. The van der Waals surface area contributed by atoms with Gasteiger partial charge in [0, 0.05) is 5.56 Å². The topological polar surface area (TPSA) is 43.4 Å². The first-order valence-electron chi connectivity index (χ1n) is 3.43. The number of methoxy groups -OCH3 is 1. The second-order valence-corrected chi connectivity index (χ2v) is 2.19. The van der Waals surface area contributed by atoms with Crippen LogP contribution in [-0.2, 0) is 9.53 Å². The Bertz CT molecular complexity index is 290. The van der Waals surface area contributed by atoms with Crippen LogP contribution >= 0.6 is 0 Å². The maximum Gasteiger partial charge on any atom is 0.379 e. The van der Waals surface area contributed by atoms with Crippen LogP contribution in [0.2, 0.25) is 0 Å². The average molecular weight is 172 g/mol. The molecule has 1 rings (SSSR count). The quantitative estimate of drug-likeness (QED) is 0.290. The predicted octanol–water partition coefficient (Wildman–Crippen LogP) is 1.04. The molecular weight excluding hydrogens is 164 g/mol. The molecule has 0 amide bonds. The molecule has 0 aliphatic carbocycles. The third kappa shape index (κ3) is 1.69. The first-order valence-corrected chi connectivity index (χ1v) is 3.43. The van der Waals surface area contributed by atoms with Gasteiger partial charge in [-0.1, -0.05) is 30.3 Å². The zero-order chi connectivity index (χ0) is 8.97. The number of carbonyl (C=O) groups is 2. The second-order valence-electron chi connectivity index (χ2n) is 2.19. The monoisotopic (exact) mass is 172 g/mol. The first kappa shape index (κ1) is 8.46. The van der Waals surface area contributed by atoms with Gasteiger partial charge in [0.2, 0.25) is 0 Å². The van der Waals surface area contributed by atoms with Gasteiger partial charge in [-0.3, -0.25) is 4.79 Å². The van der Waals surface area contributed by atoms with Gasteiger partial charge in [-0.15, -0.1) is 0 Å². The van der Waals surface area contributed by atoms with E-state index in [0.717, 1.165) is 0 Å². The smallest absolute Gasteiger partial charge is 0.379 e. The van der Waals surface area contributed by atoms with E-state index in [1.54, 1.807) is 30.3 Å². The highest BCUT2D eigenvalue weighted by atomic mass is 16.6. The van der Waals surface area contributed by atoms with Crippen molar-refractivity contribution in [2.75, 3.05) is 7.11 Å². The third-order valence-electron chi connectivity index (χ3n) is 1.41. The van der Waals surface area contributed by atoms with E-state index in [-0.39, 0.29) is 0 Å². The minimum Gasteiger partial charge on any atom is -0.463 e. The maximum atomic E-state index is 11.1. The first-order chi connectivity index (χ1) is 5.75. The van der Waals surface area contributed by atoms with Crippen LogP contribution in [0.1, 0.15) is 10.4 Å². The molecule has 3 heteroatoms. The lowest BCUT2D eigenvalue weighted by Crippen LogP contribution is -2.15. The molecule has 1 aromatic rings. The van der Waals surface area contributed by atoms with Crippen molar-refractivity contribution in [1.82, 2.24) is 0 Å². The molecule has 0 aromatic heterocycles. The summed E-state index contributed by atoms with van der Waals surface area (Å²) in [6, 6.07) is 8.29. The van der Waals surface area contributed by atoms with Crippen LogP contribution in [0.15, 0.2) is 30.3 Å². The van der Waals surface area contributed by atoms with E-state index < -0.39 is 11.8 Å². The molecule has 12 heavy (non-hydrogen) atoms. The lowest BCUT2D eigenvalue weighted by molar-refractivity contribution is -0.135. The molecular formula is C9H8O3. The van der Waals surface area contributed by atoms with E-state index >= 15 is 0 Å². The Balaban J connectivity index is 2.86. The highest BCUT2D eigenvalue weighted by molar-refractivity contribution is 6.40. The fraction of sp³-hybridized carbons (Fsp3) is 0.111. The summed E-state index contributed by atoms with van der Waals surface area (Å²) in [5.41, 5.74) is 0.351. The summed E-state index contributed by atoms with van der Waals surface area (Å²) in [5, 5.41) is 0. The molecule has 62 valence electrons. The largest absolute Gasteiger partial charge is 0.463 e. The zero-order valence-electron chi connectivity index (χ0n) is 6.61. The third-order valence-corrected chi connectivity index (χ3v) is 1.41. The molecule has 0 saturated heterocycles. The average Bonchev–Trinajstić information content (AvgIpc) is 2.17. The maximum absolute atomic E-state index is 11.1. The SMILES string of the molecule is CO[13C](=O)[13C](=O)[13c]1[13cH][13cH][13cH][13cH][13cH]1. The van der Waals surface area contributed by atoms with Crippen LogP contribution in [0.25, 0.3) is 0 Å². The highest BCUT2D eigenvalue weighted by Crippen LogP contribution is 2.00.